The first-order valence-electron chi connectivity index (χ1n) is 8.57. The Morgan fingerprint density at radius 1 is 1.16 bits per heavy atom. The number of piperazine rings is 1. The van der Waals surface area contributed by atoms with Crippen molar-refractivity contribution in [2.45, 2.75) is 12.6 Å². The summed E-state index contributed by atoms with van der Waals surface area (Å²) in [4.78, 5) is 4.65. The zero-order valence-corrected chi connectivity index (χ0v) is 14.5. The highest BCUT2D eigenvalue weighted by atomic mass is 19.1. The maximum atomic E-state index is 12.8. The van der Waals surface area contributed by atoms with Gasteiger partial charge in [0.25, 0.3) is 0 Å². The standard InChI is InChI=1S/C18H25FN4O2/c1-21-11-15(10-20-21)12-22-6-8-23(9-7-22)13-17(24)14-25-18-4-2-16(19)3-5-18/h2-5,10-11,17,24H,6-9,12-14H2,1H3/t17-/m0/s1. The number of β-amino-alcohol motifs (C(OH)–C–C–N with tert-alkyl or cyclic N) is 1. The molecule has 1 fully saturated rings. The Morgan fingerprint density at radius 2 is 1.84 bits per heavy atom. The molecule has 0 amide bonds. The predicted molar refractivity (Wildman–Crippen MR) is 92.8 cm³/mol. The third-order valence-corrected chi connectivity index (χ3v) is 4.35. The lowest BCUT2D eigenvalue weighted by Gasteiger charge is -2.35. The summed E-state index contributed by atoms with van der Waals surface area (Å²) >= 11 is 0. The summed E-state index contributed by atoms with van der Waals surface area (Å²) in [6, 6.07) is 5.84. The van der Waals surface area contributed by atoms with Crippen molar-refractivity contribution < 1.29 is 14.2 Å². The van der Waals surface area contributed by atoms with E-state index < -0.39 is 6.10 Å². The summed E-state index contributed by atoms with van der Waals surface area (Å²) in [5, 5.41) is 14.4. The summed E-state index contributed by atoms with van der Waals surface area (Å²) in [6.07, 6.45) is 3.39. The number of rotatable bonds is 7. The van der Waals surface area contributed by atoms with Crippen LogP contribution in [0.4, 0.5) is 4.39 Å². The Kier molecular flexibility index (Phi) is 6.01. The van der Waals surface area contributed by atoms with Crippen LogP contribution in [-0.2, 0) is 13.6 Å². The monoisotopic (exact) mass is 348 g/mol. The molecule has 0 radical (unpaired) electrons. The largest absolute Gasteiger partial charge is 0.491 e. The lowest BCUT2D eigenvalue weighted by Crippen LogP contribution is -2.48. The molecule has 1 aliphatic rings. The third kappa shape index (κ3) is 5.52. The van der Waals surface area contributed by atoms with Gasteiger partial charge in [-0.05, 0) is 24.3 Å². The zero-order valence-electron chi connectivity index (χ0n) is 14.5. The van der Waals surface area contributed by atoms with E-state index in [1.165, 1.54) is 17.7 Å². The van der Waals surface area contributed by atoms with Crippen LogP contribution < -0.4 is 4.74 Å². The first kappa shape index (κ1) is 17.8. The van der Waals surface area contributed by atoms with E-state index in [0.717, 1.165) is 32.7 Å². The second-order valence-corrected chi connectivity index (χ2v) is 6.52. The first-order chi connectivity index (χ1) is 12.1. The van der Waals surface area contributed by atoms with E-state index in [1.54, 1.807) is 12.1 Å². The summed E-state index contributed by atoms with van der Waals surface area (Å²) in [5.41, 5.74) is 1.23. The topological polar surface area (TPSA) is 53.8 Å². The Labute approximate surface area is 147 Å². The van der Waals surface area contributed by atoms with Gasteiger partial charge < -0.3 is 9.84 Å². The molecular weight excluding hydrogens is 323 g/mol. The van der Waals surface area contributed by atoms with Crippen LogP contribution in [0.5, 0.6) is 5.75 Å². The molecule has 3 rings (SSSR count). The van der Waals surface area contributed by atoms with Gasteiger partial charge in [-0.1, -0.05) is 0 Å². The molecule has 1 saturated heterocycles. The second-order valence-electron chi connectivity index (χ2n) is 6.52. The number of halogens is 1. The Hall–Kier alpha value is -1.96. The smallest absolute Gasteiger partial charge is 0.123 e. The molecule has 6 nitrogen and oxygen atoms in total. The van der Waals surface area contributed by atoms with Crippen LogP contribution in [0.2, 0.25) is 0 Å². The van der Waals surface area contributed by atoms with Gasteiger partial charge >= 0.3 is 0 Å². The normalized spacial score (nSPS) is 17.6. The molecule has 1 aromatic heterocycles. The van der Waals surface area contributed by atoms with Crippen LogP contribution in [0.25, 0.3) is 0 Å². The second kappa shape index (κ2) is 8.42. The van der Waals surface area contributed by atoms with Crippen molar-refractivity contribution in [3.63, 3.8) is 0 Å². The number of nitrogens with zero attached hydrogens (tertiary/aromatic N) is 4. The fourth-order valence-corrected chi connectivity index (χ4v) is 3.02. The highest BCUT2D eigenvalue weighted by Crippen LogP contribution is 2.12. The lowest BCUT2D eigenvalue weighted by atomic mass is 10.2. The minimum absolute atomic E-state index is 0.210. The molecule has 1 aliphatic heterocycles. The molecule has 2 heterocycles. The molecule has 0 aliphatic carbocycles. The number of aliphatic hydroxyl groups is 1. The molecule has 0 unspecified atom stereocenters. The Bertz CT molecular complexity index is 653. The van der Waals surface area contributed by atoms with Gasteiger partial charge in [0.05, 0.1) is 6.20 Å². The van der Waals surface area contributed by atoms with Crippen molar-refractivity contribution in [3.8, 4) is 5.75 Å². The minimum Gasteiger partial charge on any atom is -0.491 e. The molecule has 25 heavy (non-hydrogen) atoms. The van der Waals surface area contributed by atoms with E-state index in [1.807, 2.05) is 24.1 Å². The molecule has 7 heteroatoms. The quantitative estimate of drug-likeness (QED) is 0.813. The maximum Gasteiger partial charge on any atom is 0.123 e. The van der Waals surface area contributed by atoms with Crippen molar-refractivity contribution in [1.82, 2.24) is 19.6 Å². The van der Waals surface area contributed by atoms with Gasteiger partial charge in [-0.2, -0.15) is 5.10 Å². The van der Waals surface area contributed by atoms with Crippen LogP contribution in [0.1, 0.15) is 5.56 Å². The van der Waals surface area contributed by atoms with Crippen LogP contribution in [0.3, 0.4) is 0 Å². The number of benzene rings is 1. The summed E-state index contributed by atoms with van der Waals surface area (Å²) in [5.74, 6) is 0.277. The number of aliphatic hydroxyl groups excluding tert-OH is 1. The van der Waals surface area contributed by atoms with Gasteiger partial charge in [0.15, 0.2) is 0 Å². The summed E-state index contributed by atoms with van der Waals surface area (Å²) in [7, 11) is 1.93. The van der Waals surface area contributed by atoms with Crippen molar-refractivity contribution >= 4 is 0 Å². The highest BCUT2D eigenvalue weighted by Gasteiger charge is 2.20. The average Bonchev–Trinajstić information content (AvgIpc) is 3.01. The van der Waals surface area contributed by atoms with E-state index in [9.17, 15) is 9.50 Å². The van der Waals surface area contributed by atoms with Crippen LogP contribution >= 0.6 is 0 Å². The molecular formula is C18H25FN4O2. The van der Waals surface area contributed by atoms with Gasteiger partial charge in [-0.15, -0.1) is 0 Å². The third-order valence-electron chi connectivity index (χ3n) is 4.35. The van der Waals surface area contributed by atoms with E-state index in [2.05, 4.69) is 14.9 Å². The van der Waals surface area contributed by atoms with Crippen molar-refractivity contribution in [2.24, 2.45) is 7.05 Å². The SMILES string of the molecule is Cn1cc(CN2CCN(C[C@H](O)COc3ccc(F)cc3)CC2)cn1. The molecule has 136 valence electrons. The molecule has 1 aromatic carbocycles. The minimum atomic E-state index is -0.560. The molecule has 0 spiro atoms. The van der Waals surface area contributed by atoms with Gasteiger partial charge in [-0.25, -0.2) is 4.39 Å². The lowest BCUT2D eigenvalue weighted by molar-refractivity contribution is 0.0446. The van der Waals surface area contributed by atoms with Gasteiger partial charge in [0.1, 0.15) is 24.3 Å². The average molecular weight is 348 g/mol. The van der Waals surface area contributed by atoms with Crippen LogP contribution in [-0.4, -0.2) is 70.1 Å². The number of aromatic nitrogens is 2. The molecule has 0 saturated carbocycles. The number of hydrogen-bond donors (Lipinski definition) is 1. The Morgan fingerprint density at radius 3 is 2.48 bits per heavy atom. The zero-order chi connectivity index (χ0) is 17.6. The fraction of sp³-hybridized carbons (Fsp3) is 0.500. The first-order valence-corrected chi connectivity index (χ1v) is 8.57. The molecule has 2 aromatic rings. The number of hydrogen-bond acceptors (Lipinski definition) is 5. The van der Waals surface area contributed by atoms with Gasteiger partial charge in [0.2, 0.25) is 0 Å². The summed E-state index contributed by atoms with van der Waals surface area (Å²) in [6.45, 7) is 5.50. The maximum absolute atomic E-state index is 12.8. The summed E-state index contributed by atoms with van der Waals surface area (Å²) < 4.78 is 20.2. The molecule has 0 bridgehead atoms. The molecule has 1 N–H and O–H groups in total. The van der Waals surface area contributed by atoms with E-state index in [0.29, 0.717) is 12.3 Å². The van der Waals surface area contributed by atoms with E-state index in [4.69, 9.17) is 4.74 Å². The fourth-order valence-electron chi connectivity index (χ4n) is 3.02. The van der Waals surface area contributed by atoms with Crippen LogP contribution in [0.15, 0.2) is 36.7 Å². The van der Waals surface area contributed by atoms with Gasteiger partial charge in [0, 0.05) is 58.1 Å². The Balaban J connectivity index is 1.35. The molecule has 1 atom stereocenters. The van der Waals surface area contributed by atoms with E-state index in [-0.39, 0.29) is 12.4 Å². The number of aryl methyl sites for hydroxylation is 1. The predicted octanol–water partition coefficient (Wildman–Crippen LogP) is 1.12. The van der Waals surface area contributed by atoms with Crippen molar-refractivity contribution in [3.05, 3.63) is 48.0 Å². The van der Waals surface area contributed by atoms with Crippen molar-refractivity contribution in [1.29, 1.82) is 0 Å². The van der Waals surface area contributed by atoms with Gasteiger partial charge in [-0.3, -0.25) is 14.5 Å². The van der Waals surface area contributed by atoms with Crippen molar-refractivity contribution in [2.75, 3.05) is 39.3 Å². The number of ether oxygens (including phenoxy) is 1. The highest BCUT2D eigenvalue weighted by molar-refractivity contribution is 5.22. The van der Waals surface area contributed by atoms with E-state index >= 15 is 0 Å². The van der Waals surface area contributed by atoms with Crippen LogP contribution in [0, 0.1) is 5.82 Å².